The molecule has 0 atom stereocenters. The van der Waals surface area contributed by atoms with Gasteiger partial charge in [-0.25, -0.2) is 4.79 Å². The van der Waals surface area contributed by atoms with E-state index < -0.39 is 6.16 Å². The lowest BCUT2D eigenvalue weighted by atomic mass is 10.1. The highest BCUT2D eigenvalue weighted by Crippen LogP contribution is 2.19. The summed E-state index contributed by atoms with van der Waals surface area (Å²) in [5.41, 5.74) is 2.14. The molecule has 1 aliphatic carbocycles. The molecular weight excluding hydrogens is 294 g/mol. The van der Waals surface area contributed by atoms with Crippen LogP contribution in [0, 0.1) is 6.92 Å². The van der Waals surface area contributed by atoms with Crippen LogP contribution in [-0.4, -0.2) is 28.3 Å². The van der Waals surface area contributed by atoms with E-state index in [0.717, 1.165) is 29.0 Å². The lowest BCUT2D eigenvalue weighted by Gasteiger charge is -2.12. The third-order valence-corrected chi connectivity index (χ3v) is 3.61. The second kappa shape index (κ2) is 8.52. The molecule has 21 heavy (non-hydrogen) atoms. The summed E-state index contributed by atoms with van der Waals surface area (Å²) in [5, 5.41) is 17.8. The van der Waals surface area contributed by atoms with Gasteiger partial charge in [0.1, 0.15) is 0 Å². The van der Waals surface area contributed by atoms with Crippen LogP contribution in [0.25, 0.3) is 0 Å². The summed E-state index contributed by atoms with van der Waals surface area (Å²) < 4.78 is 0. The normalized spacial score (nSPS) is 14.2. The van der Waals surface area contributed by atoms with E-state index in [9.17, 15) is 4.79 Å². The van der Waals surface area contributed by atoms with E-state index in [2.05, 4.69) is 5.32 Å². The highest BCUT2D eigenvalue weighted by Gasteiger charge is 2.17. The highest BCUT2D eigenvalue weighted by molar-refractivity contribution is 6.30. The molecule has 1 fully saturated rings. The summed E-state index contributed by atoms with van der Waals surface area (Å²) in [4.78, 5) is 20.4. The molecule has 0 heterocycles. The first-order valence-electron chi connectivity index (χ1n) is 6.84. The lowest BCUT2D eigenvalue weighted by Crippen LogP contribution is -2.33. The number of halogens is 1. The van der Waals surface area contributed by atoms with E-state index in [1.165, 1.54) is 12.8 Å². The summed E-state index contributed by atoms with van der Waals surface area (Å²) in [7, 11) is 0. The Labute approximate surface area is 128 Å². The van der Waals surface area contributed by atoms with Crippen molar-refractivity contribution >= 4 is 23.7 Å². The highest BCUT2D eigenvalue weighted by atomic mass is 35.5. The monoisotopic (exact) mass is 313 g/mol. The molecule has 116 valence electrons. The molecule has 0 aromatic heterocycles. The Balaban J connectivity index is 0.000000491. The summed E-state index contributed by atoms with van der Waals surface area (Å²) in [5.74, 6) is 0.127. The summed E-state index contributed by atoms with van der Waals surface area (Å²) in [6, 6.07) is 6.08. The van der Waals surface area contributed by atoms with Crippen LogP contribution in [-0.2, 0) is 11.2 Å². The lowest BCUT2D eigenvalue weighted by molar-refractivity contribution is -0.121. The number of aryl methyl sites for hydroxylation is 1. The maximum Gasteiger partial charge on any atom is 0.503 e. The predicted octanol–water partition coefficient (Wildman–Crippen LogP) is 3.47. The molecule has 1 saturated carbocycles. The number of rotatable bonds is 3. The zero-order chi connectivity index (χ0) is 15.8. The van der Waals surface area contributed by atoms with E-state index in [1.807, 2.05) is 25.1 Å². The molecular formula is C15H20ClNO4. The molecule has 0 aliphatic heterocycles. The number of nitrogens with one attached hydrogen (secondary N) is 1. The van der Waals surface area contributed by atoms with Crippen molar-refractivity contribution in [2.45, 2.75) is 45.1 Å². The van der Waals surface area contributed by atoms with E-state index >= 15 is 0 Å². The van der Waals surface area contributed by atoms with E-state index in [4.69, 9.17) is 26.6 Å². The fourth-order valence-electron chi connectivity index (χ4n) is 2.38. The number of amides is 1. The third-order valence-electron chi connectivity index (χ3n) is 3.38. The topological polar surface area (TPSA) is 86.6 Å². The van der Waals surface area contributed by atoms with Crippen LogP contribution in [0.4, 0.5) is 4.79 Å². The summed E-state index contributed by atoms with van der Waals surface area (Å²) in [6.07, 6.45) is 3.37. The summed E-state index contributed by atoms with van der Waals surface area (Å²) in [6.45, 7) is 1.99. The van der Waals surface area contributed by atoms with Crippen LogP contribution in [0.3, 0.4) is 0 Å². The van der Waals surface area contributed by atoms with Crippen LogP contribution in [0.2, 0.25) is 5.02 Å². The van der Waals surface area contributed by atoms with Gasteiger partial charge in [0.2, 0.25) is 5.91 Å². The van der Waals surface area contributed by atoms with Gasteiger partial charge in [-0.3, -0.25) is 4.79 Å². The van der Waals surface area contributed by atoms with Crippen LogP contribution in [0.5, 0.6) is 0 Å². The molecule has 1 aromatic carbocycles. The van der Waals surface area contributed by atoms with Gasteiger partial charge in [-0.15, -0.1) is 0 Å². The fraction of sp³-hybridized carbons (Fsp3) is 0.467. The van der Waals surface area contributed by atoms with Gasteiger partial charge < -0.3 is 15.5 Å². The first-order valence-corrected chi connectivity index (χ1v) is 7.22. The molecule has 1 aromatic rings. The van der Waals surface area contributed by atoms with Crippen LogP contribution < -0.4 is 5.32 Å². The number of carbonyl (C=O) groups excluding carboxylic acids is 1. The van der Waals surface area contributed by atoms with Gasteiger partial charge in [0.25, 0.3) is 0 Å². The van der Waals surface area contributed by atoms with E-state index in [1.54, 1.807) is 0 Å². The van der Waals surface area contributed by atoms with Crippen molar-refractivity contribution in [1.82, 2.24) is 5.32 Å². The number of carbonyl (C=O) groups is 2. The minimum atomic E-state index is -1.83. The number of hydrogen-bond acceptors (Lipinski definition) is 2. The van der Waals surface area contributed by atoms with Gasteiger partial charge in [-0.05, 0) is 43.0 Å². The Bertz CT molecular complexity index is 494. The van der Waals surface area contributed by atoms with Gasteiger partial charge in [-0.1, -0.05) is 30.5 Å². The fourth-order valence-corrected chi connectivity index (χ4v) is 2.61. The van der Waals surface area contributed by atoms with E-state index in [0.29, 0.717) is 12.5 Å². The Morgan fingerprint density at radius 2 is 1.86 bits per heavy atom. The molecule has 0 saturated heterocycles. The van der Waals surface area contributed by atoms with Crippen molar-refractivity contribution in [1.29, 1.82) is 0 Å². The molecule has 0 spiro atoms. The number of benzene rings is 1. The average Bonchev–Trinajstić information content (AvgIpc) is 2.85. The van der Waals surface area contributed by atoms with Crippen LogP contribution >= 0.6 is 11.6 Å². The van der Waals surface area contributed by atoms with Crippen LogP contribution in [0.15, 0.2) is 18.2 Å². The minimum absolute atomic E-state index is 0.127. The zero-order valence-electron chi connectivity index (χ0n) is 11.9. The van der Waals surface area contributed by atoms with Gasteiger partial charge in [0, 0.05) is 11.1 Å². The summed E-state index contributed by atoms with van der Waals surface area (Å²) >= 11 is 5.89. The van der Waals surface area contributed by atoms with Crippen molar-refractivity contribution < 1.29 is 19.8 Å². The second-order valence-electron chi connectivity index (χ2n) is 5.08. The van der Waals surface area contributed by atoms with Gasteiger partial charge in [0.15, 0.2) is 0 Å². The molecule has 6 heteroatoms. The standard InChI is InChI=1S/C14H18ClNO.CH2O3/c1-10-8-12(15)7-6-11(10)9-14(17)16-13-4-2-3-5-13;2-1(3)4/h6-8,13H,2-5,9H2,1H3,(H,16,17);(H2,2,3,4). The quantitative estimate of drug-likeness (QED) is 0.797. The smallest absolute Gasteiger partial charge is 0.450 e. The number of carboxylic acid groups (broad SMARTS) is 2. The minimum Gasteiger partial charge on any atom is -0.450 e. The van der Waals surface area contributed by atoms with Gasteiger partial charge in [0.05, 0.1) is 6.42 Å². The Kier molecular flexibility index (Phi) is 7.02. The second-order valence-corrected chi connectivity index (χ2v) is 5.52. The maximum absolute atomic E-state index is 11.9. The van der Waals surface area contributed by atoms with Gasteiger partial charge >= 0.3 is 6.16 Å². The number of hydrogen-bond donors (Lipinski definition) is 3. The molecule has 0 radical (unpaired) electrons. The molecule has 1 amide bonds. The Morgan fingerprint density at radius 3 is 2.38 bits per heavy atom. The van der Waals surface area contributed by atoms with Crippen molar-refractivity contribution in [2.24, 2.45) is 0 Å². The van der Waals surface area contributed by atoms with Crippen molar-refractivity contribution in [3.8, 4) is 0 Å². The van der Waals surface area contributed by atoms with E-state index in [-0.39, 0.29) is 5.91 Å². The Morgan fingerprint density at radius 1 is 1.29 bits per heavy atom. The largest absolute Gasteiger partial charge is 0.503 e. The molecule has 3 N–H and O–H groups in total. The maximum atomic E-state index is 11.9. The predicted molar refractivity (Wildman–Crippen MR) is 80.9 cm³/mol. The molecule has 0 bridgehead atoms. The molecule has 5 nitrogen and oxygen atoms in total. The average molecular weight is 314 g/mol. The Hall–Kier alpha value is -1.75. The third kappa shape index (κ3) is 6.99. The molecule has 1 aliphatic rings. The molecule has 2 rings (SSSR count). The first kappa shape index (κ1) is 17.3. The van der Waals surface area contributed by atoms with Crippen molar-refractivity contribution in [3.05, 3.63) is 34.3 Å². The van der Waals surface area contributed by atoms with Crippen molar-refractivity contribution in [3.63, 3.8) is 0 Å². The molecule has 0 unspecified atom stereocenters. The van der Waals surface area contributed by atoms with Gasteiger partial charge in [-0.2, -0.15) is 0 Å². The zero-order valence-corrected chi connectivity index (χ0v) is 12.7. The first-order chi connectivity index (χ1) is 9.88. The van der Waals surface area contributed by atoms with Crippen molar-refractivity contribution in [2.75, 3.05) is 0 Å². The van der Waals surface area contributed by atoms with Crippen LogP contribution in [0.1, 0.15) is 36.8 Å². The SMILES string of the molecule is Cc1cc(Cl)ccc1CC(=O)NC1CCCC1.O=C(O)O.